The fourth-order valence-corrected chi connectivity index (χ4v) is 2.00. The SMILES string of the molecule is CCC(CC)c1c(C)cc(O)c(O)c1O. The van der Waals surface area contributed by atoms with Crippen molar-refractivity contribution in [2.24, 2.45) is 0 Å². The molecule has 0 aliphatic rings. The van der Waals surface area contributed by atoms with Gasteiger partial charge in [-0.2, -0.15) is 0 Å². The first-order chi connectivity index (χ1) is 7.02. The lowest BCUT2D eigenvalue weighted by Crippen LogP contribution is -1.99. The number of phenols is 3. The number of hydrogen-bond acceptors (Lipinski definition) is 3. The second kappa shape index (κ2) is 4.43. The number of rotatable bonds is 3. The van der Waals surface area contributed by atoms with Gasteiger partial charge in [0.15, 0.2) is 11.5 Å². The van der Waals surface area contributed by atoms with E-state index in [0.29, 0.717) is 0 Å². The lowest BCUT2D eigenvalue weighted by Gasteiger charge is -2.18. The van der Waals surface area contributed by atoms with Crippen molar-refractivity contribution in [3.63, 3.8) is 0 Å². The van der Waals surface area contributed by atoms with Gasteiger partial charge >= 0.3 is 0 Å². The number of hydrogen-bond donors (Lipinski definition) is 3. The second-order valence-corrected chi connectivity index (χ2v) is 3.84. The van der Waals surface area contributed by atoms with Gasteiger partial charge in [-0.1, -0.05) is 13.8 Å². The van der Waals surface area contributed by atoms with E-state index in [1.54, 1.807) is 0 Å². The Kier molecular flexibility index (Phi) is 3.45. The molecular weight excluding hydrogens is 192 g/mol. The van der Waals surface area contributed by atoms with Crippen LogP contribution in [0.4, 0.5) is 0 Å². The Morgan fingerprint density at radius 1 is 1.07 bits per heavy atom. The summed E-state index contributed by atoms with van der Waals surface area (Å²) < 4.78 is 0. The Bertz CT molecular complexity index is 354. The van der Waals surface area contributed by atoms with E-state index >= 15 is 0 Å². The Morgan fingerprint density at radius 3 is 2.07 bits per heavy atom. The maximum atomic E-state index is 9.78. The molecule has 0 spiro atoms. The molecule has 0 aliphatic heterocycles. The molecule has 1 rings (SSSR count). The third-order valence-electron chi connectivity index (χ3n) is 2.89. The van der Waals surface area contributed by atoms with Crippen LogP contribution in [-0.4, -0.2) is 15.3 Å². The van der Waals surface area contributed by atoms with Crippen LogP contribution in [0.3, 0.4) is 0 Å². The molecule has 1 aromatic rings. The average molecular weight is 210 g/mol. The standard InChI is InChI=1S/C12H18O3/c1-4-8(5-2)10-7(3)6-9(13)11(14)12(10)15/h6,8,13-15H,4-5H2,1-3H3. The normalized spacial score (nSPS) is 10.9. The molecule has 0 heterocycles. The molecule has 3 nitrogen and oxygen atoms in total. The molecule has 0 atom stereocenters. The molecule has 0 saturated carbocycles. The summed E-state index contributed by atoms with van der Waals surface area (Å²) in [6.45, 7) is 5.90. The van der Waals surface area contributed by atoms with Gasteiger partial charge < -0.3 is 15.3 Å². The van der Waals surface area contributed by atoms with E-state index in [-0.39, 0.29) is 17.4 Å². The van der Waals surface area contributed by atoms with Gasteiger partial charge in [0.05, 0.1) is 0 Å². The number of aryl methyl sites for hydroxylation is 1. The lowest BCUT2D eigenvalue weighted by molar-refractivity contribution is 0.361. The first kappa shape index (κ1) is 11.7. The van der Waals surface area contributed by atoms with Gasteiger partial charge in [0, 0.05) is 5.56 Å². The highest BCUT2D eigenvalue weighted by atomic mass is 16.3. The summed E-state index contributed by atoms with van der Waals surface area (Å²) in [5, 5.41) is 28.6. The zero-order chi connectivity index (χ0) is 11.6. The van der Waals surface area contributed by atoms with E-state index in [4.69, 9.17) is 0 Å². The van der Waals surface area contributed by atoms with Crippen LogP contribution in [-0.2, 0) is 0 Å². The van der Waals surface area contributed by atoms with Gasteiger partial charge in [0.25, 0.3) is 0 Å². The summed E-state index contributed by atoms with van der Waals surface area (Å²) >= 11 is 0. The van der Waals surface area contributed by atoms with Crippen molar-refractivity contribution in [2.45, 2.75) is 39.5 Å². The Labute approximate surface area is 90.0 Å². The molecule has 15 heavy (non-hydrogen) atoms. The number of aromatic hydroxyl groups is 3. The predicted molar refractivity (Wildman–Crippen MR) is 59.5 cm³/mol. The van der Waals surface area contributed by atoms with Crippen LogP contribution >= 0.6 is 0 Å². The van der Waals surface area contributed by atoms with Crippen molar-refractivity contribution < 1.29 is 15.3 Å². The number of benzene rings is 1. The van der Waals surface area contributed by atoms with Crippen LogP contribution in [0.15, 0.2) is 6.07 Å². The highest BCUT2D eigenvalue weighted by molar-refractivity contribution is 5.57. The zero-order valence-corrected chi connectivity index (χ0v) is 9.41. The molecule has 0 amide bonds. The van der Waals surface area contributed by atoms with Gasteiger partial charge in [-0.15, -0.1) is 0 Å². The van der Waals surface area contributed by atoms with Crippen molar-refractivity contribution >= 4 is 0 Å². The molecule has 3 N–H and O–H groups in total. The Balaban J connectivity index is 3.34. The van der Waals surface area contributed by atoms with Gasteiger partial charge in [-0.3, -0.25) is 0 Å². The van der Waals surface area contributed by atoms with Gasteiger partial charge in [-0.05, 0) is 37.3 Å². The van der Waals surface area contributed by atoms with E-state index in [2.05, 4.69) is 0 Å². The Hall–Kier alpha value is -1.38. The first-order valence-electron chi connectivity index (χ1n) is 5.27. The highest BCUT2D eigenvalue weighted by Crippen LogP contribution is 2.44. The summed E-state index contributed by atoms with van der Waals surface area (Å²) in [6, 6.07) is 1.49. The Morgan fingerprint density at radius 2 is 1.60 bits per heavy atom. The van der Waals surface area contributed by atoms with Crippen molar-refractivity contribution in [1.29, 1.82) is 0 Å². The minimum atomic E-state index is -0.414. The smallest absolute Gasteiger partial charge is 0.200 e. The number of phenolic OH excluding ortho intramolecular Hbond substituents is 3. The molecule has 0 bridgehead atoms. The van der Waals surface area contributed by atoms with E-state index in [0.717, 1.165) is 24.0 Å². The molecule has 0 aliphatic carbocycles. The van der Waals surface area contributed by atoms with Crippen LogP contribution in [0, 0.1) is 6.92 Å². The van der Waals surface area contributed by atoms with Crippen LogP contribution in [0.25, 0.3) is 0 Å². The summed E-state index contributed by atoms with van der Waals surface area (Å²) in [7, 11) is 0. The van der Waals surface area contributed by atoms with E-state index in [1.165, 1.54) is 6.07 Å². The third kappa shape index (κ3) is 2.01. The monoisotopic (exact) mass is 210 g/mol. The molecule has 0 unspecified atom stereocenters. The highest BCUT2D eigenvalue weighted by Gasteiger charge is 2.19. The van der Waals surface area contributed by atoms with Gasteiger partial charge in [0.2, 0.25) is 5.75 Å². The average Bonchev–Trinajstić information content (AvgIpc) is 2.21. The van der Waals surface area contributed by atoms with Crippen molar-refractivity contribution in [3.05, 3.63) is 17.2 Å². The maximum absolute atomic E-state index is 9.78. The first-order valence-corrected chi connectivity index (χ1v) is 5.27. The van der Waals surface area contributed by atoms with Crippen molar-refractivity contribution in [2.75, 3.05) is 0 Å². The fraction of sp³-hybridized carbons (Fsp3) is 0.500. The van der Waals surface area contributed by atoms with Crippen molar-refractivity contribution in [1.82, 2.24) is 0 Å². The molecule has 84 valence electrons. The zero-order valence-electron chi connectivity index (χ0n) is 9.41. The topological polar surface area (TPSA) is 60.7 Å². The maximum Gasteiger partial charge on any atom is 0.200 e. The molecule has 0 radical (unpaired) electrons. The summed E-state index contributed by atoms with van der Waals surface area (Å²) in [6.07, 6.45) is 1.80. The van der Waals surface area contributed by atoms with Gasteiger partial charge in [0.1, 0.15) is 0 Å². The third-order valence-corrected chi connectivity index (χ3v) is 2.89. The van der Waals surface area contributed by atoms with Gasteiger partial charge in [-0.25, -0.2) is 0 Å². The van der Waals surface area contributed by atoms with Crippen LogP contribution in [0.2, 0.25) is 0 Å². The predicted octanol–water partition coefficient (Wildman–Crippen LogP) is 3.02. The van der Waals surface area contributed by atoms with E-state index in [9.17, 15) is 15.3 Å². The summed E-state index contributed by atoms with van der Waals surface area (Å²) in [5.74, 6) is -0.639. The molecular formula is C12H18O3. The molecule has 0 aromatic heterocycles. The van der Waals surface area contributed by atoms with Crippen LogP contribution < -0.4 is 0 Å². The minimum Gasteiger partial charge on any atom is -0.504 e. The molecule has 0 saturated heterocycles. The molecule has 1 aromatic carbocycles. The molecule has 3 heteroatoms. The minimum absolute atomic E-state index is 0.179. The fourth-order valence-electron chi connectivity index (χ4n) is 2.00. The largest absolute Gasteiger partial charge is 0.504 e. The lowest BCUT2D eigenvalue weighted by atomic mass is 9.89. The van der Waals surface area contributed by atoms with E-state index in [1.807, 2.05) is 20.8 Å². The van der Waals surface area contributed by atoms with Crippen LogP contribution in [0.5, 0.6) is 17.2 Å². The van der Waals surface area contributed by atoms with Crippen LogP contribution in [0.1, 0.15) is 43.7 Å². The van der Waals surface area contributed by atoms with Crippen molar-refractivity contribution in [3.8, 4) is 17.2 Å². The quantitative estimate of drug-likeness (QED) is 0.672. The summed E-state index contributed by atoms with van der Waals surface area (Å²) in [4.78, 5) is 0. The molecule has 0 fully saturated rings. The summed E-state index contributed by atoms with van der Waals surface area (Å²) in [5.41, 5.74) is 1.56. The van der Waals surface area contributed by atoms with E-state index < -0.39 is 5.75 Å². The second-order valence-electron chi connectivity index (χ2n) is 3.84.